The molecule has 0 saturated heterocycles. The Balaban J connectivity index is 2.27. The zero-order chi connectivity index (χ0) is 23.7. The minimum Gasteiger partial charge on any atom is -0.330 e. The highest BCUT2D eigenvalue weighted by molar-refractivity contribution is 4.97. The van der Waals surface area contributed by atoms with Crippen LogP contribution in [0.2, 0.25) is 0 Å². The molecule has 0 bridgehead atoms. The molecule has 1 nitrogen and oxygen atoms in total. The number of rotatable bonds is 2. The van der Waals surface area contributed by atoms with Crippen LogP contribution in [0.4, 0.5) is 0 Å². The van der Waals surface area contributed by atoms with Gasteiger partial charge in [-0.2, -0.15) is 0 Å². The van der Waals surface area contributed by atoms with Gasteiger partial charge in [-0.05, 0) is 63.1 Å². The molecule has 0 heterocycles. The smallest absolute Gasteiger partial charge is 0.00746 e. The first-order chi connectivity index (χ1) is 16.3. The van der Waals surface area contributed by atoms with E-state index in [1.807, 2.05) is 0 Å². The lowest BCUT2D eigenvalue weighted by molar-refractivity contribution is 0.384. The fourth-order valence-corrected chi connectivity index (χ4v) is 5.50. The summed E-state index contributed by atoms with van der Waals surface area (Å²) in [5.41, 5.74) is 10.9. The highest BCUT2D eigenvalue weighted by atomic mass is 14.5. The van der Waals surface area contributed by atoms with Crippen molar-refractivity contribution in [2.75, 3.05) is 6.54 Å². The van der Waals surface area contributed by atoms with Crippen molar-refractivity contribution in [3.05, 3.63) is 17.4 Å². The Kier molecular flexibility index (Phi) is 22.7. The van der Waals surface area contributed by atoms with Gasteiger partial charge in [-0.1, -0.05) is 135 Å². The third-order valence-electron chi connectivity index (χ3n) is 7.80. The van der Waals surface area contributed by atoms with Crippen LogP contribution in [0.1, 0.15) is 174 Å². The van der Waals surface area contributed by atoms with Crippen molar-refractivity contribution in [1.82, 2.24) is 0 Å². The molecular formula is C32H61N. The maximum absolute atomic E-state index is 5.91. The van der Waals surface area contributed by atoms with Crippen LogP contribution in [0.25, 0.3) is 0 Å². The molecule has 0 aromatic rings. The van der Waals surface area contributed by atoms with Crippen molar-refractivity contribution < 1.29 is 0 Å². The van der Waals surface area contributed by atoms with Crippen LogP contribution in [0, 0.1) is 5.92 Å². The van der Waals surface area contributed by atoms with Gasteiger partial charge in [-0.15, -0.1) is 5.73 Å². The van der Waals surface area contributed by atoms with Gasteiger partial charge < -0.3 is 5.73 Å². The first-order valence-corrected chi connectivity index (χ1v) is 15.4. The van der Waals surface area contributed by atoms with Crippen molar-refractivity contribution in [3.63, 3.8) is 0 Å². The molecule has 1 aliphatic rings. The molecule has 1 atom stereocenters. The molecule has 0 aromatic carbocycles. The lowest BCUT2D eigenvalue weighted by Crippen LogP contribution is -2.09. The molecule has 0 saturated carbocycles. The van der Waals surface area contributed by atoms with Crippen molar-refractivity contribution in [3.8, 4) is 0 Å². The zero-order valence-electron chi connectivity index (χ0n) is 22.8. The molecule has 33 heavy (non-hydrogen) atoms. The van der Waals surface area contributed by atoms with Crippen LogP contribution in [-0.2, 0) is 0 Å². The molecule has 1 heteroatoms. The van der Waals surface area contributed by atoms with Crippen molar-refractivity contribution in [1.29, 1.82) is 0 Å². The number of nitrogens with two attached hydrogens (primary N) is 1. The van der Waals surface area contributed by atoms with Gasteiger partial charge in [-0.25, -0.2) is 0 Å². The van der Waals surface area contributed by atoms with Gasteiger partial charge in [0.2, 0.25) is 0 Å². The topological polar surface area (TPSA) is 26.0 Å². The second-order valence-corrected chi connectivity index (χ2v) is 11.1. The maximum atomic E-state index is 5.91. The quantitative estimate of drug-likeness (QED) is 0.408. The van der Waals surface area contributed by atoms with Crippen LogP contribution in [0.3, 0.4) is 0 Å². The predicted molar refractivity (Wildman–Crippen MR) is 150 cm³/mol. The van der Waals surface area contributed by atoms with Gasteiger partial charge in [0.25, 0.3) is 0 Å². The molecule has 2 N–H and O–H groups in total. The fourth-order valence-electron chi connectivity index (χ4n) is 5.50. The Morgan fingerprint density at radius 1 is 0.606 bits per heavy atom. The largest absolute Gasteiger partial charge is 0.330 e. The van der Waals surface area contributed by atoms with Gasteiger partial charge >= 0.3 is 0 Å². The summed E-state index contributed by atoms with van der Waals surface area (Å²) in [6.07, 6.45) is 39.0. The third kappa shape index (κ3) is 21.7. The van der Waals surface area contributed by atoms with Crippen molar-refractivity contribution in [2.45, 2.75) is 174 Å². The minimum atomic E-state index is 0.883. The molecule has 194 valence electrons. The Morgan fingerprint density at radius 3 is 1.45 bits per heavy atom. The average molecular weight is 460 g/mol. The first-order valence-electron chi connectivity index (χ1n) is 15.4. The molecule has 0 amide bonds. The lowest BCUT2D eigenvalue weighted by atomic mass is 9.91. The molecule has 1 unspecified atom stereocenters. The summed E-state index contributed by atoms with van der Waals surface area (Å²) in [5.74, 6) is 0.897. The van der Waals surface area contributed by atoms with E-state index in [9.17, 15) is 0 Å². The monoisotopic (exact) mass is 459 g/mol. The number of hydrogen-bond acceptors (Lipinski definition) is 1. The summed E-state index contributed by atoms with van der Waals surface area (Å²) in [4.78, 5) is 0. The van der Waals surface area contributed by atoms with Crippen molar-refractivity contribution >= 4 is 0 Å². The highest BCUT2D eigenvalue weighted by Crippen LogP contribution is 2.22. The Bertz CT molecular complexity index is 459. The summed E-state index contributed by atoms with van der Waals surface area (Å²) >= 11 is 0. The molecule has 1 aliphatic carbocycles. The van der Waals surface area contributed by atoms with E-state index in [1.54, 1.807) is 0 Å². The minimum absolute atomic E-state index is 0.883. The average Bonchev–Trinajstić information content (AvgIpc) is 2.81. The predicted octanol–water partition coefficient (Wildman–Crippen LogP) is 10.8. The van der Waals surface area contributed by atoms with Gasteiger partial charge in [0, 0.05) is 0 Å². The Labute approximate surface area is 209 Å². The van der Waals surface area contributed by atoms with E-state index in [-0.39, 0.29) is 0 Å². The van der Waals surface area contributed by atoms with Gasteiger partial charge in [0.15, 0.2) is 0 Å². The summed E-state index contributed by atoms with van der Waals surface area (Å²) < 4.78 is 0. The van der Waals surface area contributed by atoms with Crippen LogP contribution in [0.5, 0.6) is 0 Å². The second kappa shape index (κ2) is 24.6. The van der Waals surface area contributed by atoms with E-state index in [4.69, 9.17) is 5.73 Å². The molecule has 0 fully saturated rings. The van der Waals surface area contributed by atoms with Crippen molar-refractivity contribution in [2.24, 2.45) is 11.7 Å². The van der Waals surface area contributed by atoms with Gasteiger partial charge in [0.1, 0.15) is 0 Å². The Morgan fingerprint density at radius 2 is 1.00 bits per heavy atom. The van der Waals surface area contributed by atoms with E-state index < -0.39 is 0 Å². The fraction of sp³-hybridized carbons (Fsp3) is 0.906. The van der Waals surface area contributed by atoms with E-state index in [0.29, 0.717) is 0 Å². The van der Waals surface area contributed by atoms with E-state index in [2.05, 4.69) is 18.7 Å². The second-order valence-electron chi connectivity index (χ2n) is 11.1. The number of allylic oxidation sites excluding steroid dienone is 1. The molecule has 0 aromatic heterocycles. The molecule has 0 spiro atoms. The summed E-state index contributed by atoms with van der Waals surface area (Å²) in [7, 11) is 0. The first kappa shape index (κ1) is 30.5. The van der Waals surface area contributed by atoms with Gasteiger partial charge in [-0.3, -0.25) is 0 Å². The SMILES string of the molecule is CC1=C=CCCCCCCCCCCCCCCCCC(CCN)CCCCCCCCC1. The van der Waals surface area contributed by atoms with E-state index in [1.165, 1.54) is 173 Å². The van der Waals surface area contributed by atoms with Crippen LogP contribution in [0.15, 0.2) is 17.4 Å². The maximum Gasteiger partial charge on any atom is -0.00746 e. The molecule has 0 radical (unpaired) electrons. The lowest BCUT2D eigenvalue weighted by Gasteiger charge is -2.16. The van der Waals surface area contributed by atoms with E-state index >= 15 is 0 Å². The summed E-state index contributed by atoms with van der Waals surface area (Å²) in [5, 5.41) is 0. The number of hydrogen-bond donors (Lipinski definition) is 1. The zero-order valence-corrected chi connectivity index (χ0v) is 22.8. The molecule has 1 rings (SSSR count). The van der Waals surface area contributed by atoms with Crippen LogP contribution >= 0.6 is 0 Å². The van der Waals surface area contributed by atoms with E-state index in [0.717, 1.165) is 12.5 Å². The summed E-state index contributed by atoms with van der Waals surface area (Å²) in [6.45, 7) is 3.16. The summed E-state index contributed by atoms with van der Waals surface area (Å²) in [6, 6.07) is 0. The third-order valence-corrected chi connectivity index (χ3v) is 7.80. The molecular weight excluding hydrogens is 398 g/mol. The normalized spacial score (nSPS) is 24.2. The highest BCUT2D eigenvalue weighted by Gasteiger charge is 2.07. The van der Waals surface area contributed by atoms with Crippen LogP contribution in [-0.4, -0.2) is 6.54 Å². The Hall–Kier alpha value is -0.520. The van der Waals surface area contributed by atoms with Gasteiger partial charge in [0.05, 0.1) is 0 Å². The van der Waals surface area contributed by atoms with Crippen LogP contribution < -0.4 is 5.73 Å². The molecule has 0 aliphatic heterocycles. The standard InChI is InChI=1S/C32H61N/c1-31-25-21-17-13-10-8-6-4-2-3-5-7-9-11-15-19-23-27-32(29-30-33)28-24-20-16-12-14-18-22-26-31/h21,32H,2-20,22-24,26-30,33H2,1H3.